The first-order valence-electron chi connectivity index (χ1n) is 12.0. The zero-order valence-electron chi connectivity index (χ0n) is 20.2. The Kier molecular flexibility index (Phi) is 9.39. The van der Waals surface area contributed by atoms with Gasteiger partial charge in [-0.15, -0.1) is 0 Å². The molecule has 5 nitrogen and oxygen atoms in total. The van der Waals surface area contributed by atoms with Gasteiger partial charge in [-0.25, -0.2) is 0 Å². The van der Waals surface area contributed by atoms with Crippen LogP contribution >= 0.6 is 0 Å². The van der Waals surface area contributed by atoms with Crippen LogP contribution in [0.5, 0.6) is 11.5 Å². The fourth-order valence-electron chi connectivity index (χ4n) is 4.61. The Balaban J connectivity index is 1.67. The Morgan fingerprint density at radius 3 is 2.29 bits per heavy atom. The number of phenolic OH excluding ortho intramolecular Hbond substituents is 1. The molecule has 0 amide bonds. The summed E-state index contributed by atoms with van der Waals surface area (Å²) >= 11 is 0. The highest BCUT2D eigenvalue weighted by atomic mass is 16.6. The molecule has 1 N–H and O–H groups in total. The topological polar surface area (TPSA) is 72.6 Å². The number of benzene rings is 1. The summed E-state index contributed by atoms with van der Waals surface area (Å²) in [5.74, 6) is 1.42. The summed E-state index contributed by atoms with van der Waals surface area (Å²) in [6.45, 7) is 10.1. The Bertz CT molecular complexity index is 799. The third-order valence-corrected chi connectivity index (χ3v) is 6.98. The Morgan fingerprint density at radius 2 is 1.68 bits per heavy atom. The molecule has 1 aliphatic rings. The van der Waals surface area contributed by atoms with Gasteiger partial charge in [0.05, 0.1) is 4.92 Å². The van der Waals surface area contributed by atoms with Crippen molar-refractivity contribution in [2.75, 3.05) is 0 Å². The molecule has 1 aliphatic heterocycles. The van der Waals surface area contributed by atoms with Crippen LogP contribution in [-0.4, -0.2) is 15.6 Å². The number of aromatic hydroxyl groups is 1. The third kappa shape index (κ3) is 6.72. The molecule has 1 aromatic carbocycles. The van der Waals surface area contributed by atoms with Crippen molar-refractivity contribution in [2.45, 2.75) is 117 Å². The summed E-state index contributed by atoms with van der Waals surface area (Å²) < 4.78 is 6.52. The molecule has 0 aliphatic carbocycles. The van der Waals surface area contributed by atoms with Crippen LogP contribution in [0, 0.1) is 30.9 Å². The van der Waals surface area contributed by atoms with Gasteiger partial charge in [-0.05, 0) is 89.0 Å². The largest absolute Gasteiger partial charge is 0.507 e. The number of unbranched alkanes of at least 4 members (excludes halogenated alkanes) is 7. The molecule has 2 rings (SSSR count). The summed E-state index contributed by atoms with van der Waals surface area (Å²) in [4.78, 5) is 10.5. The number of allylic oxidation sites excluding steroid dienone is 2. The predicted molar refractivity (Wildman–Crippen MR) is 127 cm³/mol. The quantitative estimate of drug-likeness (QED) is 0.211. The van der Waals surface area contributed by atoms with E-state index in [0.717, 1.165) is 61.0 Å². The van der Waals surface area contributed by atoms with Crippen LogP contribution in [-0.2, 0) is 6.42 Å². The molecule has 1 aromatic rings. The molecule has 1 unspecified atom stereocenters. The lowest BCUT2D eigenvalue weighted by atomic mass is 9.84. The van der Waals surface area contributed by atoms with Gasteiger partial charge in [0, 0.05) is 12.0 Å². The minimum absolute atomic E-state index is 0.117. The van der Waals surface area contributed by atoms with Gasteiger partial charge in [-0.3, -0.25) is 10.1 Å². The predicted octanol–water partition coefficient (Wildman–Crippen LogP) is 7.48. The molecule has 1 atom stereocenters. The van der Waals surface area contributed by atoms with Gasteiger partial charge in [-0.1, -0.05) is 39.0 Å². The van der Waals surface area contributed by atoms with E-state index in [1.54, 1.807) is 6.08 Å². The highest BCUT2D eigenvalue weighted by Crippen LogP contribution is 2.44. The summed E-state index contributed by atoms with van der Waals surface area (Å²) in [6, 6.07) is 0. The van der Waals surface area contributed by atoms with E-state index >= 15 is 0 Å². The van der Waals surface area contributed by atoms with Crippen molar-refractivity contribution in [3.05, 3.63) is 44.1 Å². The van der Waals surface area contributed by atoms with E-state index in [1.165, 1.54) is 37.7 Å². The van der Waals surface area contributed by atoms with Gasteiger partial charge in [0.2, 0.25) is 5.70 Å². The molecule has 0 saturated heterocycles. The number of hydrogen-bond donors (Lipinski definition) is 1. The van der Waals surface area contributed by atoms with Gasteiger partial charge in [-0.2, -0.15) is 0 Å². The number of nitro groups is 1. The molecule has 0 fully saturated rings. The van der Waals surface area contributed by atoms with Crippen molar-refractivity contribution in [1.82, 2.24) is 0 Å². The highest BCUT2D eigenvalue weighted by Gasteiger charge is 2.34. The number of phenols is 1. The van der Waals surface area contributed by atoms with Gasteiger partial charge in [0.25, 0.3) is 0 Å². The molecule has 0 radical (unpaired) electrons. The highest BCUT2D eigenvalue weighted by molar-refractivity contribution is 5.58. The van der Waals surface area contributed by atoms with Crippen molar-refractivity contribution in [3.8, 4) is 11.5 Å². The number of nitrogens with zero attached hydrogens (tertiary/aromatic N) is 1. The van der Waals surface area contributed by atoms with Crippen LogP contribution in [0.25, 0.3) is 0 Å². The van der Waals surface area contributed by atoms with Crippen molar-refractivity contribution < 1.29 is 14.8 Å². The number of rotatable bonds is 12. The maximum atomic E-state index is 10.8. The Labute approximate surface area is 188 Å². The van der Waals surface area contributed by atoms with E-state index in [2.05, 4.69) is 13.8 Å². The molecular weight excluding hydrogens is 390 g/mol. The number of fused-ring (bicyclic) bond motifs is 1. The first-order chi connectivity index (χ1) is 14.7. The first kappa shape index (κ1) is 25.2. The average molecular weight is 432 g/mol. The van der Waals surface area contributed by atoms with Gasteiger partial charge < -0.3 is 9.84 Å². The maximum Gasteiger partial charge on any atom is 0.242 e. The first-order valence-corrected chi connectivity index (χ1v) is 12.0. The third-order valence-electron chi connectivity index (χ3n) is 6.98. The van der Waals surface area contributed by atoms with Crippen LogP contribution in [0.4, 0.5) is 0 Å². The molecule has 1 heterocycles. The second-order valence-corrected chi connectivity index (χ2v) is 9.40. The molecule has 0 bridgehead atoms. The number of hydrogen-bond acceptors (Lipinski definition) is 4. The normalized spacial score (nSPS) is 18.5. The van der Waals surface area contributed by atoms with Crippen LogP contribution in [0.2, 0.25) is 0 Å². The smallest absolute Gasteiger partial charge is 0.242 e. The minimum atomic E-state index is -0.261. The van der Waals surface area contributed by atoms with Gasteiger partial charge in [0.1, 0.15) is 17.1 Å². The molecule has 0 saturated carbocycles. The molecular formula is C26H41NO4. The van der Waals surface area contributed by atoms with Crippen LogP contribution in [0.1, 0.15) is 107 Å². The minimum Gasteiger partial charge on any atom is -0.507 e. The molecule has 174 valence electrons. The van der Waals surface area contributed by atoms with Crippen molar-refractivity contribution in [2.24, 2.45) is 0 Å². The standard InChI is InChI=1S/C26H41NO4/c1-6-22(27(29)30)15-13-11-9-7-8-10-12-14-17-26(5)18-16-23-21(4)24(28)19(2)20(3)25(23)31-26/h15,28H,6-14,16-18H2,1-5H3/b22-15-. The summed E-state index contributed by atoms with van der Waals surface area (Å²) in [6.07, 6.45) is 14.4. The number of ether oxygens (including phenoxy) is 1. The van der Waals surface area contributed by atoms with E-state index in [1.807, 2.05) is 20.8 Å². The Morgan fingerprint density at radius 1 is 1.06 bits per heavy atom. The fourth-order valence-corrected chi connectivity index (χ4v) is 4.61. The van der Waals surface area contributed by atoms with E-state index < -0.39 is 0 Å². The van der Waals surface area contributed by atoms with Crippen molar-refractivity contribution in [3.63, 3.8) is 0 Å². The Hall–Kier alpha value is -2.04. The van der Waals surface area contributed by atoms with Crippen molar-refractivity contribution in [1.29, 1.82) is 0 Å². The van der Waals surface area contributed by atoms with Crippen LogP contribution < -0.4 is 4.74 Å². The summed E-state index contributed by atoms with van der Waals surface area (Å²) in [5.41, 5.74) is 4.38. The second kappa shape index (κ2) is 11.5. The zero-order valence-corrected chi connectivity index (χ0v) is 20.2. The second-order valence-electron chi connectivity index (χ2n) is 9.40. The molecule has 0 aromatic heterocycles. The van der Waals surface area contributed by atoms with E-state index in [9.17, 15) is 15.2 Å². The molecule has 0 spiro atoms. The lowest BCUT2D eigenvalue weighted by Gasteiger charge is -2.38. The monoisotopic (exact) mass is 431 g/mol. The van der Waals surface area contributed by atoms with Gasteiger partial charge in [0.15, 0.2) is 0 Å². The lowest BCUT2D eigenvalue weighted by Crippen LogP contribution is -2.37. The molecule has 31 heavy (non-hydrogen) atoms. The van der Waals surface area contributed by atoms with E-state index in [-0.39, 0.29) is 10.5 Å². The fraction of sp³-hybridized carbons (Fsp3) is 0.692. The summed E-state index contributed by atoms with van der Waals surface area (Å²) in [5, 5.41) is 21.1. The molecule has 5 heteroatoms. The SMILES string of the molecule is CC/C(=C/CCCCCCCCCC1(C)CCc2c(C)c(O)c(C)c(C)c2O1)[N+](=O)[O-]. The van der Waals surface area contributed by atoms with Crippen LogP contribution in [0.3, 0.4) is 0 Å². The van der Waals surface area contributed by atoms with Crippen LogP contribution in [0.15, 0.2) is 11.8 Å². The average Bonchev–Trinajstić information content (AvgIpc) is 2.74. The summed E-state index contributed by atoms with van der Waals surface area (Å²) in [7, 11) is 0. The lowest BCUT2D eigenvalue weighted by molar-refractivity contribution is -0.427. The zero-order chi connectivity index (χ0) is 23.0. The van der Waals surface area contributed by atoms with E-state index in [0.29, 0.717) is 17.9 Å². The van der Waals surface area contributed by atoms with E-state index in [4.69, 9.17) is 4.74 Å². The van der Waals surface area contributed by atoms with Crippen molar-refractivity contribution >= 4 is 0 Å². The maximum absolute atomic E-state index is 10.8. The van der Waals surface area contributed by atoms with Gasteiger partial charge >= 0.3 is 0 Å².